The van der Waals surface area contributed by atoms with Gasteiger partial charge in [-0.1, -0.05) is 30.3 Å². The number of Topliss-reactive ketones (excluding diaryl/α,β-unsaturated/α-hetero) is 1. The molecule has 1 aromatic heterocycles. The molecule has 2 heterocycles. The van der Waals surface area contributed by atoms with Gasteiger partial charge in [-0.05, 0) is 44.9 Å². The van der Waals surface area contributed by atoms with Gasteiger partial charge >= 0.3 is 0 Å². The highest BCUT2D eigenvalue weighted by molar-refractivity contribution is 7.91. The van der Waals surface area contributed by atoms with Crippen molar-refractivity contribution in [3.63, 3.8) is 0 Å². The average molecular weight is 431 g/mol. The molecule has 2 atom stereocenters. The van der Waals surface area contributed by atoms with E-state index in [1.54, 1.807) is 44.3 Å². The van der Waals surface area contributed by atoms with Crippen LogP contribution in [0, 0.1) is 0 Å². The Morgan fingerprint density at radius 2 is 1.67 bits per heavy atom. The third kappa shape index (κ3) is 5.67. The average Bonchev–Trinajstić information content (AvgIpc) is 2.68. The van der Waals surface area contributed by atoms with Crippen molar-refractivity contribution in [2.45, 2.75) is 57.3 Å². The highest BCUT2D eigenvalue weighted by atomic mass is 32.2. The van der Waals surface area contributed by atoms with Crippen molar-refractivity contribution in [1.82, 2.24) is 4.98 Å². The summed E-state index contributed by atoms with van der Waals surface area (Å²) >= 11 is 0. The predicted octanol–water partition coefficient (Wildman–Crippen LogP) is 3.44. The number of ketones is 1. The molecule has 0 amide bonds. The van der Waals surface area contributed by atoms with Crippen LogP contribution in [0.2, 0.25) is 0 Å². The van der Waals surface area contributed by atoms with Crippen molar-refractivity contribution >= 4 is 21.4 Å². The molecule has 6 nitrogen and oxygen atoms in total. The SMILES string of the molecule is CC(C)S(=O)(=O)Cc1ccc(C(=O)Cc2ccc(N3C[C@@H](C)O[C@@H](C)C3)nc2)cc1. The number of aromatic nitrogens is 1. The Labute approximate surface area is 179 Å². The molecule has 1 fully saturated rings. The lowest BCUT2D eigenvalue weighted by Gasteiger charge is -2.36. The van der Waals surface area contributed by atoms with Gasteiger partial charge in [-0.3, -0.25) is 4.79 Å². The van der Waals surface area contributed by atoms with Crippen LogP contribution in [0.15, 0.2) is 42.6 Å². The third-order valence-electron chi connectivity index (χ3n) is 5.28. The molecule has 162 valence electrons. The molecule has 0 spiro atoms. The minimum atomic E-state index is -3.16. The van der Waals surface area contributed by atoms with Crippen LogP contribution in [0.3, 0.4) is 0 Å². The predicted molar refractivity (Wildman–Crippen MR) is 119 cm³/mol. The highest BCUT2D eigenvalue weighted by Crippen LogP contribution is 2.19. The van der Waals surface area contributed by atoms with Gasteiger partial charge in [-0.25, -0.2) is 13.4 Å². The molecule has 0 saturated carbocycles. The zero-order chi connectivity index (χ0) is 21.9. The number of anilines is 1. The zero-order valence-corrected chi connectivity index (χ0v) is 18.9. The zero-order valence-electron chi connectivity index (χ0n) is 18.0. The van der Waals surface area contributed by atoms with Gasteiger partial charge in [0.15, 0.2) is 15.6 Å². The summed E-state index contributed by atoms with van der Waals surface area (Å²) in [7, 11) is -3.16. The van der Waals surface area contributed by atoms with Crippen molar-refractivity contribution in [3.05, 3.63) is 59.3 Å². The van der Waals surface area contributed by atoms with E-state index in [1.807, 2.05) is 12.1 Å². The summed E-state index contributed by atoms with van der Waals surface area (Å²) in [5.41, 5.74) is 2.12. The molecule has 0 N–H and O–H groups in total. The van der Waals surface area contributed by atoms with Gasteiger partial charge in [0.1, 0.15) is 5.82 Å². The van der Waals surface area contributed by atoms with Crippen molar-refractivity contribution in [2.75, 3.05) is 18.0 Å². The molecule has 1 aliphatic rings. The number of rotatable bonds is 7. The first-order valence-corrected chi connectivity index (χ1v) is 12.0. The van der Waals surface area contributed by atoms with E-state index in [0.717, 1.165) is 24.5 Å². The van der Waals surface area contributed by atoms with E-state index in [2.05, 4.69) is 23.7 Å². The molecule has 7 heteroatoms. The molecule has 1 saturated heterocycles. The Kier molecular flexibility index (Phi) is 6.93. The van der Waals surface area contributed by atoms with Crippen molar-refractivity contribution in [1.29, 1.82) is 0 Å². The van der Waals surface area contributed by atoms with Crippen LogP contribution in [0.4, 0.5) is 5.82 Å². The van der Waals surface area contributed by atoms with E-state index < -0.39 is 15.1 Å². The first-order chi connectivity index (χ1) is 14.1. The number of hydrogen-bond acceptors (Lipinski definition) is 6. The lowest BCUT2D eigenvalue weighted by Crippen LogP contribution is -2.45. The first kappa shape index (κ1) is 22.4. The molecule has 0 unspecified atom stereocenters. The maximum absolute atomic E-state index is 12.6. The van der Waals surface area contributed by atoms with Gasteiger partial charge in [0.25, 0.3) is 0 Å². The summed E-state index contributed by atoms with van der Waals surface area (Å²) < 4.78 is 29.9. The second-order valence-corrected chi connectivity index (χ2v) is 10.9. The van der Waals surface area contributed by atoms with E-state index in [1.165, 1.54) is 0 Å². The Hall–Kier alpha value is -2.25. The molecule has 2 aromatic rings. The van der Waals surface area contributed by atoms with Crippen LogP contribution in [0.25, 0.3) is 0 Å². The minimum absolute atomic E-state index is 0.0106. The molecule has 3 rings (SSSR count). The number of sulfone groups is 1. The second kappa shape index (κ2) is 9.27. The smallest absolute Gasteiger partial charge is 0.167 e. The second-order valence-electron chi connectivity index (χ2n) is 8.34. The molecule has 0 bridgehead atoms. The molecule has 1 aromatic carbocycles. The van der Waals surface area contributed by atoms with Gasteiger partial charge in [-0.15, -0.1) is 0 Å². The van der Waals surface area contributed by atoms with Gasteiger partial charge in [0.2, 0.25) is 0 Å². The Morgan fingerprint density at radius 1 is 1.07 bits per heavy atom. The van der Waals surface area contributed by atoms with Crippen LogP contribution in [-0.2, 0) is 26.7 Å². The summed E-state index contributed by atoms with van der Waals surface area (Å²) in [4.78, 5) is 19.4. The number of pyridine rings is 1. The van der Waals surface area contributed by atoms with Gasteiger partial charge < -0.3 is 9.64 Å². The number of carbonyl (C=O) groups excluding carboxylic acids is 1. The number of ether oxygens (including phenoxy) is 1. The van der Waals surface area contributed by atoms with Gasteiger partial charge in [-0.2, -0.15) is 0 Å². The summed E-state index contributed by atoms with van der Waals surface area (Å²) in [5, 5.41) is -0.418. The monoisotopic (exact) mass is 430 g/mol. The largest absolute Gasteiger partial charge is 0.372 e. The van der Waals surface area contributed by atoms with Gasteiger partial charge in [0, 0.05) is 31.3 Å². The van der Waals surface area contributed by atoms with Crippen molar-refractivity contribution < 1.29 is 17.9 Å². The quantitative estimate of drug-likeness (QED) is 0.626. The molecule has 0 aliphatic carbocycles. The van der Waals surface area contributed by atoms with Crippen LogP contribution >= 0.6 is 0 Å². The van der Waals surface area contributed by atoms with E-state index in [4.69, 9.17) is 4.74 Å². The maximum Gasteiger partial charge on any atom is 0.167 e. The lowest BCUT2D eigenvalue weighted by molar-refractivity contribution is -0.00546. The lowest BCUT2D eigenvalue weighted by atomic mass is 10.0. The number of benzene rings is 1. The normalized spacial score (nSPS) is 19.8. The Bertz CT molecular complexity index is 959. The van der Waals surface area contributed by atoms with Crippen LogP contribution < -0.4 is 4.90 Å². The van der Waals surface area contributed by atoms with E-state index >= 15 is 0 Å². The summed E-state index contributed by atoms with van der Waals surface area (Å²) in [5.74, 6) is 0.865. The van der Waals surface area contributed by atoms with E-state index in [9.17, 15) is 13.2 Å². The number of nitrogens with zero attached hydrogens (tertiary/aromatic N) is 2. The topological polar surface area (TPSA) is 76.6 Å². The van der Waals surface area contributed by atoms with Crippen LogP contribution in [-0.4, -0.2) is 49.7 Å². The fraction of sp³-hybridized carbons (Fsp3) is 0.478. The molecule has 1 aliphatic heterocycles. The van der Waals surface area contributed by atoms with E-state index in [0.29, 0.717) is 11.1 Å². The van der Waals surface area contributed by atoms with Crippen molar-refractivity contribution in [2.24, 2.45) is 0 Å². The van der Waals surface area contributed by atoms with Crippen LogP contribution in [0.5, 0.6) is 0 Å². The fourth-order valence-corrected chi connectivity index (χ4v) is 4.54. The van der Waals surface area contributed by atoms with Crippen molar-refractivity contribution in [3.8, 4) is 0 Å². The summed E-state index contributed by atoms with van der Waals surface area (Å²) in [6.45, 7) is 9.06. The molecular weight excluding hydrogens is 400 g/mol. The van der Waals surface area contributed by atoms with Crippen LogP contribution in [0.1, 0.15) is 49.2 Å². The highest BCUT2D eigenvalue weighted by Gasteiger charge is 2.23. The Balaban J connectivity index is 1.62. The minimum Gasteiger partial charge on any atom is -0.372 e. The third-order valence-corrected chi connectivity index (χ3v) is 7.45. The maximum atomic E-state index is 12.6. The van der Waals surface area contributed by atoms with E-state index in [-0.39, 0.29) is 30.2 Å². The number of morpholine rings is 1. The fourth-order valence-electron chi connectivity index (χ4n) is 3.55. The molecule has 0 radical (unpaired) electrons. The number of carbonyl (C=O) groups is 1. The Morgan fingerprint density at radius 3 is 2.20 bits per heavy atom. The summed E-state index contributed by atoms with van der Waals surface area (Å²) in [6.07, 6.45) is 2.33. The standard InChI is InChI=1S/C23H30N2O4S/c1-16(2)30(27,28)15-19-5-8-21(9-6-19)22(26)11-20-7-10-23(24-12-20)25-13-17(3)29-18(4)14-25/h5-10,12,16-18H,11,13-15H2,1-4H3/t17-,18+. The first-order valence-electron chi connectivity index (χ1n) is 10.3. The number of hydrogen-bond donors (Lipinski definition) is 0. The molecule has 30 heavy (non-hydrogen) atoms. The summed E-state index contributed by atoms with van der Waals surface area (Å²) in [6, 6.07) is 10.7. The molecular formula is C23H30N2O4S. The van der Waals surface area contributed by atoms with Gasteiger partial charge in [0.05, 0.1) is 23.2 Å².